The molecular formula is C18H24ClNO4. The summed E-state index contributed by atoms with van der Waals surface area (Å²) in [6.45, 7) is 5.52. The number of aliphatic hydroxyl groups is 1. The molecule has 0 fully saturated rings. The van der Waals surface area contributed by atoms with Crippen LogP contribution in [0.25, 0.3) is 0 Å². The van der Waals surface area contributed by atoms with Crippen LogP contribution in [0.1, 0.15) is 51.9 Å². The molecule has 1 spiro atoms. The van der Waals surface area contributed by atoms with Gasteiger partial charge < -0.3 is 14.7 Å². The molecule has 24 heavy (non-hydrogen) atoms. The van der Waals surface area contributed by atoms with Crippen LogP contribution >= 0.6 is 11.6 Å². The number of hydrogen-bond acceptors (Lipinski definition) is 5. The Bertz CT molecular complexity index is 594. The van der Waals surface area contributed by atoms with Crippen molar-refractivity contribution in [1.82, 2.24) is 0 Å². The first kappa shape index (κ1) is 18.6. The molecule has 0 saturated carbocycles. The zero-order valence-corrected chi connectivity index (χ0v) is 14.8. The highest BCUT2D eigenvalue weighted by molar-refractivity contribution is 6.29. The summed E-state index contributed by atoms with van der Waals surface area (Å²) in [6, 6.07) is 0. The van der Waals surface area contributed by atoms with Gasteiger partial charge in [0.1, 0.15) is 16.9 Å². The number of carbonyl (C=O) groups is 1. The molecule has 1 unspecified atom stereocenters. The van der Waals surface area contributed by atoms with Gasteiger partial charge in [-0.1, -0.05) is 42.8 Å². The fraction of sp³-hybridized carbons (Fsp3) is 0.556. The Labute approximate surface area is 147 Å². The number of ether oxygens (including phenoxy) is 1. The van der Waals surface area contributed by atoms with Gasteiger partial charge in [0.05, 0.1) is 10.7 Å². The zero-order valence-electron chi connectivity index (χ0n) is 14.0. The maximum absolute atomic E-state index is 12.5. The summed E-state index contributed by atoms with van der Waals surface area (Å²) in [7, 11) is 0. The van der Waals surface area contributed by atoms with Crippen LogP contribution in [0, 0.1) is 0 Å². The van der Waals surface area contributed by atoms with E-state index >= 15 is 0 Å². The van der Waals surface area contributed by atoms with E-state index in [2.05, 4.69) is 11.7 Å². The molecule has 0 aromatic heterocycles. The van der Waals surface area contributed by atoms with E-state index in [0.717, 1.165) is 32.1 Å². The van der Waals surface area contributed by atoms with Crippen LogP contribution in [0.4, 0.5) is 0 Å². The predicted molar refractivity (Wildman–Crippen MR) is 94.0 cm³/mol. The number of carbonyl (C=O) groups excluding carboxylic acids is 1. The van der Waals surface area contributed by atoms with E-state index in [4.69, 9.17) is 21.2 Å². The number of oxime groups is 1. The third-order valence-corrected chi connectivity index (χ3v) is 4.18. The van der Waals surface area contributed by atoms with Crippen molar-refractivity contribution in [3.8, 4) is 0 Å². The van der Waals surface area contributed by atoms with E-state index < -0.39 is 11.6 Å². The maximum atomic E-state index is 12.5. The lowest BCUT2D eigenvalue weighted by molar-refractivity contribution is -0.153. The minimum atomic E-state index is -0.732. The highest BCUT2D eigenvalue weighted by Crippen LogP contribution is 2.37. The second kappa shape index (κ2) is 8.38. The summed E-state index contributed by atoms with van der Waals surface area (Å²) in [4.78, 5) is 17.7. The number of allylic oxidation sites excluding steroid dienone is 1. The average molecular weight is 354 g/mol. The van der Waals surface area contributed by atoms with E-state index in [0.29, 0.717) is 17.2 Å². The summed E-state index contributed by atoms with van der Waals surface area (Å²) in [6.07, 6.45) is 9.15. The molecule has 5 nitrogen and oxygen atoms in total. The number of esters is 1. The first-order chi connectivity index (χ1) is 11.5. The van der Waals surface area contributed by atoms with Gasteiger partial charge in [0, 0.05) is 6.42 Å². The van der Waals surface area contributed by atoms with Crippen molar-refractivity contribution in [2.45, 2.75) is 57.5 Å². The molecule has 0 aromatic carbocycles. The van der Waals surface area contributed by atoms with Gasteiger partial charge >= 0.3 is 5.97 Å². The summed E-state index contributed by atoms with van der Waals surface area (Å²) < 4.78 is 5.71. The molecule has 1 aliphatic heterocycles. The Morgan fingerprint density at radius 3 is 3.00 bits per heavy atom. The monoisotopic (exact) mass is 353 g/mol. The average Bonchev–Trinajstić information content (AvgIpc) is 2.71. The Balaban J connectivity index is 2.26. The molecule has 6 heteroatoms. The highest BCUT2D eigenvalue weighted by atomic mass is 35.5. The maximum Gasteiger partial charge on any atom is 0.344 e. The molecule has 0 aromatic rings. The molecule has 1 N–H and O–H groups in total. The van der Waals surface area contributed by atoms with E-state index in [1.54, 1.807) is 0 Å². The van der Waals surface area contributed by atoms with Gasteiger partial charge in [-0.3, -0.25) is 0 Å². The minimum absolute atomic E-state index is 0.0123. The smallest absolute Gasteiger partial charge is 0.344 e. The lowest BCUT2D eigenvalue weighted by Gasteiger charge is -2.34. The van der Waals surface area contributed by atoms with Crippen LogP contribution in [0.2, 0.25) is 0 Å². The van der Waals surface area contributed by atoms with Gasteiger partial charge in [-0.05, 0) is 38.2 Å². The van der Waals surface area contributed by atoms with Crippen LogP contribution in [0.5, 0.6) is 0 Å². The Hall–Kier alpha value is -1.75. The molecule has 132 valence electrons. The van der Waals surface area contributed by atoms with Gasteiger partial charge in [0.2, 0.25) is 0 Å². The highest BCUT2D eigenvalue weighted by Gasteiger charge is 2.41. The standard InChI is InChI=1S/C18H24ClNO4/c1-3-8-14(20-23-12-13(2)19)16-15(21)11-18(24-17(16)22)9-6-4-5-7-10-18/h6,9,21H,2-5,7-8,10-12H2,1H3. The van der Waals surface area contributed by atoms with Crippen LogP contribution < -0.4 is 0 Å². The number of hydrogen-bond donors (Lipinski definition) is 1. The predicted octanol–water partition coefficient (Wildman–Crippen LogP) is 4.54. The molecule has 0 radical (unpaired) electrons. The van der Waals surface area contributed by atoms with Crippen molar-refractivity contribution < 1.29 is 19.5 Å². The van der Waals surface area contributed by atoms with Crippen molar-refractivity contribution in [2.75, 3.05) is 6.61 Å². The van der Waals surface area contributed by atoms with E-state index in [1.165, 1.54) is 0 Å². The van der Waals surface area contributed by atoms with E-state index in [1.807, 2.05) is 19.1 Å². The topological polar surface area (TPSA) is 68.1 Å². The summed E-state index contributed by atoms with van der Waals surface area (Å²) in [5.74, 6) is -0.538. The molecular weight excluding hydrogens is 330 g/mol. The molecule has 2 rings (SSSR count). The zero-order chi connectivity index (χ0) is 17.6. The third kappa shape index (κ3) is 4.63. The molecule has 1 heterocycles. The molecule has 0 amide bonds. The third-order valence-electron chi connectivity index (χ3n) is 4.07. The molecule has 0 bridgehead atoms. The van der Waals surface area contributed by atoms with Crippen LogP contribution in [-0.2, 0) is 14.4 Å². The van der Waals surface area contributed by atoms with Crippen molar-refractivity contribution in [2.24, 2.45) is 5.16 Å². The van der Waals surface area contributed by atoms with Crippen LogP contribution in [0.3, 0.4) is 0 Å². The van der Waals surface area contributed by atoms with Crippen molar-refractivity contribution in [3.05, 3.63) is 35.1 Å². The first-order valence-corrected chi connectivity index (χ1v) is 8.71. The van der Waals surface area contributed by atoms with Gasteiger partial charge in [-0.25, -0.2) is 4.79 Å². The Kier molecular flexibility index (Phi) is 6.49. The number of nitrogens with zero attached hydrogens (tertiary/aromatic N) is 1. The fourth-order valence-corrected chi connectivity index (χ4v) is 3.03. The van der Waals surface area contributed by atoms with Gasteiger partial charge in [-0.15, -0.1) is 0 Å². The van der Waals surface area contributed by atoms with Crippen molar-refractivity contribution in [3.63, 3.8) is 0 Å². The Morgan fingerprint density at radius 2 is 2.33 bits per heavy atom. The molecule has 1 aliphatic carbocycles. The van der Waals surface area contributed by atoms with E-state index in [-0.39, 0.29) is 24.4 Å². The van der Waals surface area contributed by atoms with E-state index in [9.17, 15) is 9.90 Å². The quantitative estimate of drug-likeness (QED) is 0.329. The largest absolute Gasteiger partial charge is 0.511 e. The number of rotatable bonds is 6. The fourth-order valence-electron chi connectivity index (χ4n) is 2.98. The lowest BCUT2D eigenvalue weighted by Crippen LogP contribution is -2.40. The second-order valence-corrected chi connectivity index (χ2v) is 6.71. The molecule has 1 atom stereocenters. The minimum Gasteiger partial charge on any atom is -0.511 e. The SMILES string of the molecule is C=C(Cl)CON=C(CCC)C1=C(O)CC2(C=CCCCC2)OC1=O. The number of aliphatic hydroxyl groups excluding tert-OH is 1. The van der Waals surface area contributed by atoms with Gasteiger partial charge in [-0.2, -0.15) is 0 Å². The number of halogens is 1. The molecule has 2 aliphatic rings. The first-order valence-electron chi connectivity index (χ1n) is 8.33. The van der Waals surface area contributed by atoms with Gasteiger partial charge in [0.25, 0.3) is 0 Å². The second-order valence-electron chi connectivity index (χ2n) is 6.18. The Morgan fingerprint density at radius 1 is 1.54 bits per heavy atom. The molecule has 0 saturated heterocycles. The van der Waals surface area contributed by atoms with Crippen LogP contribution in [0.15, 0.2) is 40.3 Å². The summed E-state index contributed by atoms with van der Waals surface area (Å²) in [5, 5.41) is 14.8. The lowest BCUT2D eigenvalue weighted by atomic mass is 9.87. The van der Waals surface area contributed by atoms with Crippen molar-refractivity contribution >= 4 is 23.3 Å². The van der Waals surface area contributed by atoms with Gasteiger partial charge in [0.15, 0.2) is 6.61 Å². The van der Waals surface area contributed by atoms with Crippen molar-refractivity contribution in [1.29, 1.82) is 0 Å². The summed E-state index contributed by atoms with van der Waals surface area (Å²) in [5.41, 5.74) is -0.241. The normalized spacial score (nSPS) is 24.8. The summed E-state index contributed by atoms with van der Waals surface area (Å²) >= 11 is 5.64. The van der Waals surface area contributed by atoms with Crippen LogP contribution in [-0.4, -0.2) is 29.0 Å².